The Labute approximate surface area is 129 Å². The van der Waals surface area contributed by atoms with E-state index in [1.165, 1.54) is 6.07 Å². The lowest BCUT2D eigenvalue weighted by Gasteiger charge is -2.19. The van der Waals surface area contributed by atoms with Gasteiger partial charge in [-0.15, -0.1) is 0 Å². The van der Waals surface area contributed by atoms with Gasteiger partial charge in [0, 0.05) is 10.0 Å². The molecule has 5 heteroatoms. The lowest BCUT2D eigenvalue weighted by atomic mass is 10.0. The zero-order chi connectivity index (χ0) is 13.8. The number of thiophene rings is 1. The van der Waals surface area contributed by atoms with Crippen LogP contribution in [0, 0.1) is 5.82 Å². The van der Waals surface area contributed by atoms with Crippen molar-refractivity contribution in [3.8, 4) is 0 Å². The van der Waals surface area contributed by atoms with Crippen LogP contribution >= 0.6 is 38.9 Å². The molecular weight excluding hydrogens is 349 g/mol. The van der Waals surface area contributed by atoms with Gasteiger partial charge in [0.05, 0.1) is 11.1 Å². The molecule has 0 amide bonds. The van der Waals surface area contributed by atoms with Gasteiger partial charge in [0.2, 0.25) is 0 Å². The summed E-state index contributed by atoms with van der Waals surface area (Å²) in [5.41, 5.74) is 1.65. The first-order valence-corrected chi connectivity index (χ1v) is 8.14. The van der Waals surface area contributed by atoms with Crippen molar-refractivity contribution in [1.29, 1.82) is 0 Å². The van der Waals surface area contributed by atoms with E-state index >= 15 is 0 Å². The molecule has 0 saturated carbocycles. The third-order valence-electron chi connectivity index (χ3n) is 2.83. The van der Waals surface area contributed by atoms with Crippen LogP contribution in [-0.2, 0) is 0 Å². The minimum atomic E-state index is -0.254. The second-order valence-electron chi connectivity index (χ2n) is 4.23. The van der Waals surface area contributed by atoms with E-state index in [1.807, 2.05) is 16.8 Å². The summed E-state index contributed by atoms with van der Waals surface area (Å²) in [5.74, 6) is -0.254. The van der Waals surface area contributed by atoms with E-state index in [4.69, 9.17) is 11.6 Å². The number of halogens is 3. The largest absolute Gasteiger partial charge is 0.306 e. The number of rotatable bonds is 5. The van der Waals surface area contributed by atoms with Gasteiger partial charge < -0.3 is 5.32 Å². The van der Waals surface area contributed by atoms with Crippen molar-refractivity contribution < 1.29 is 4.39 Å². The van der Waals surface area contributed by atoms with Crippen LogP contribution in [0.3, 0.4) is 0 Å². The van der Waals surface area contributed by atoms with E-state index in [9.17, 15) is 4.39 Å². The number of nitrogens with one attached hydrogen (secondary N) is 1. The molecule has 0 spiro atoms. The molecule has 2 aromatic rings. The Hall–Kier alpha value is -0.420. The minimum absolute atomic E-state index is 0.156. The van der Waals surface area contributed by atoms with Crippen molar-refractivity contribution in [2.45, 2.75) is 19.4 Å². The fourth-order valence-corrected chi connectivity index (χ4v) is 3.07. The minimum Gasteiger partial charge on any atom is -0.306 e. The van der Waals surface area contributed by atoms with Crippen molar-refractivity contribution in [2.75, 3.05) is 6.54 Å². The van der Waals surface area contributed by atoms with E-state index < -0.39 is 0 Å². The van der Waals surface area contributed by atoms with E-state index in [0.29, 0.717) is 15.1 Å². The van der Waals surface area contributed by atoms with Crippen LogP contribution in [0.1, 0.15) is 30.5 Å². The molecule has 0 radical (unpaired) electrons. The first-order chi connectivity index (χ1) is 9.13. The quantitative estimate of drug-likeness (QED) is 0.703. The van der Waals surface area contributed by atoms with Crippen LogP contribution < -0.4 is 5.32 Å². The molecule has 1 nitrogen and oxygen atoms in total. The molecule has 0 aliphatic rings. The highest BCUT2D eigenvalue weighted by Gasteiger charge is 2.19. The van der Waals surface area contributed by atoms with Gasteiger partial charge >= 0.3 is 0 Å². The van der Waals surface area contributed by atoms with Crippen LogP contribution in [0.5, 0.6) is 0 Å². The van der Waals surface area contributed by atoms with Gasteiger partial charge in [0.1, 0.15) is 5.82 Å². The summed E-state index contributed by atoms with van der Waals surface area (Å²) in [4.78, 5) is 0. The average molecular weight is 363 g/mol. The van der Waals surface area contributed by atoms with Gasteiger partial charge in [-0.25, -0.2) is 4.39 Å². The summed E-state index contributed by atoms with van der Waals surface area (Å²) in [7, 11) is 0. The molecule has 102 valence electrons. The number of benzene rings is 1. The van der Waals surface area contributed by atoms with Crippen molar-refractivity contribution in [3.63, 3.8) is 0 Å². The first-order valence-electron chi connectivity index (χ1n) is 6.03. The standard InChI is InChI=1S/C14H14BrClFNS/c1-2-4-18-14(9-3-5-19-8-9)10-6-12(16)11(15)7-13(10)17/h3,5-8,14,18H,2,4H2,1H3. The van der Waals surface area contributed by atoms with Crippen LogP contribution in [-0.4, -0.2) is 6.54 Å². The zero-order valence-electron chi connectivity index (χ0n) is 10.4. The molecule has 1 atom stereocenters. The smallest absolute Gasteiger partial charge is 0.129 e. The molecular formula is C14H14BrClFNS. The van der Waals surface area contributed by atoms with Crippen molar-refractivity contribution in [3.05, 3.63) is 55.4 Å². The maximum absolute atomic E-state index is 14.2. The Morgan fingerprint density at radius 3 is 2.89 bits per heavy atom. The summed E-state index contributed by atoms with van der Waals surface area (Å²) in [5, 5.41) is 7.92. The van der Waals surface area contributed by atoms with Gasteiger partial charge in [-0.1, -0.05) is 18.5 Å². The predicted molar refractivity (Wildman–Crippen MR) is 83.6 cm³/mol. The molecule has 0 saturated heterocycles. The first kappa shape index (κ1) is 15.0. The second kappa shape index (κ2) is 6.84. The molecule has 1 aromatic carbocycles. The molecule has 19 heavy (non-hydrogen) atoms. The maximum atomic E-state index is 14.2. The van der Waals surface area contributed by atoms with E-state index in [1.54, 1.807) is 17.4 Å². The van der Waals surface area contributed by atoms with Crippen LogP contribution in [0.25, 0.3) is 0 Å². The van der Waals surface area contributed by atoms with E-state index in [2.05, 4.69) is 28.2 Å². The summed E-state index contributed by atoms with van der Waals surface area (Å²) < 4.78 is 14.8. The van der Waals surface area contributed by atoms with Gasteiger partial charge in [-0.3, -0.25) is 0 Å². The van der Waals surface area contributed by atoms with Crippen molar-refractivity contribution in [1.82, 2.24) is 5.32 Å². The van der Waals surface area contributed by atoms with Gasteiger partial charge in [-0.2, -0.15) is 11.3 Å². The lowest BCUT2D eigenvalue weighted by molar-refractivity contribution is 0.547. The number of hydrogen-bond donors (Lipinski definition) is 1. The summed E-state index contributed by atoms with van der Waals surface area (Å²) in [6, 6.07) is 4.96. The SMILES string of the molecule is CCCNC(c1ccsc1)c1cc(Cl)c(Br)cc1F. The Morgan fingerprint density at radius 2 is 2.26 bits per heavy atom. The van der Waals surface area contributed by atoms with E-state index in [-0.39, 0.29) is 11.9 Å². The van der Waals surface area contributed by atoms with Gasteiger partial charge in [-0.05, 0) is 63.4 Å². The lowest BCUT2D eigenvalue weighted by Crippen LogP contribution is -2.23. The molecule has 1 N–H and O–H groups in total. The van der Waals surface area contributed by atoms with Crippen LogP contribution in [0.4, 0.5) is 4.39 Å². The fourth-order valence-electron chi connectivity index (χ4n) is 1.89. The molecule has 0 aliphatic carbocycles. The third kappa shape index (κ3) is 3.57. The third-order valence-corrected chi connectivity index (χ3v) is 4.72. The summed E-state index contributed by atoms with van der Waals surface area (Å²) >= 11 is 10.9. The Morgan fingerprint density at radius 1 is 1.47 bits per heavy atom. The van der Waals surface area contributed by atoms with Crippen molar-refractivity contribution >= 4 is 38.9 Å². The highest BCUT2D eigenvalue weighted by atomic mass is 79.9. The predicted octanol–water partition coefficient (Wildman–Crippen LogP) is 5.39. The molecule has 0 aliphatic heterocycles. The van der Waals surface area contributed by atoms with Crippen LogP contribution in [0.15, 0.2) is 33.4 Å². The highest BCUT2D eigenvalue weighted by Crippen LogP contribution is 2.32. The Balaban J connectivity index is 2.40. The second-order valence-corrected chi connectivity index (χ2v) is 6.27. The van der Waals surface area contributed by atoms with Crippen molar-refractivity contribution in [2.24, 2.45) is 0 Å². The maximum Gasteiger partial charge on any atom is 0.129 e. The monoisotopic (exact) mass is 361 g/mol. The normalized spacial score (nSPS) is 12.6. The molecule has 0 fully saturated rings. The Bertz CT molecular complexity index is 545. The molecule has 1 unspecified atom stereocenters. The number of hydrogen-bond acceptors (Lipinski definition) is 2. The highest BCUT2D eigenvalue weighted by molar-refractivity contribution is 9.10. The summed E-state index contributed by atoms with van der Waals surface area (Å²) in [6.07, 6.45) is 0.993. The zero-order valence-corrected chi connectivity index (χ0v) is 13.6. The molecule has 1 heterocycles. The molecule has 1 aromatic heterocycles. The van der Waals surface area contributed by atoms with Gasteiger partial charge in [0.15, 0.2) is 0 Å². The molecule has 2 rings (SSSR count). The Kier molecular flexibility index (Phi) is 5.39. The fraction of sp³-hybridized carbons (Fsp3) is 0.286. The average Bonchev–Trinajstić information content (AvgIpc) is 2.89. The topological polar surface area (TPSA) is 12.0 Å². The van der Waals surface area contributed by atoms with E-state index in [0.717, 1.165) is 18.5 Å². The summed E-state index contributed by atoms with van der Waals surface area (Å²) in [6.45, 7) is 2.91. The van der Waals surface area contributed by atoms with Gasteiger partial charge in [0.25, 0.3) is 0 Å². The molecule has 0 bridgehead atoms. The van der Waals surface area contributed by atoms with Crippen LogP contribution in [0.2, 0.25) is 5.02 Å².